The Kier molecular flexibility index (Phi) is 4.89. The third kappa shape index (κ3) is 3.44. The summed E-state index contributed by atoms with van der Waals surface area (Å²) in [6, 6.07) is 10.8. The van der Waals surface area contributed by atoms with E-state index < -0.39 is 11.9 Å². The number of nitrogen functional groups attached to an aromatic ring is 1. The first-order chi connectivity index (χ1) is 11.1. The molecule has 0 unspecified atom stereocenters. The molecule has 23 heavy (non-hydrogen) atoms. The number of hydrogen-bond donors (Lipinski definition) is 2. The smallest absolute Gasteiger partial charge is 0.355 e. The van der Waals surface area contributed by atoms with Gasteiger partial charge in [-0.3, -0.25) is 0 Å². The number of carbonyl (C=O) groups excluding carboxylic acids is 1. The summed E-state index contributed by atoms with van der Waals surface area (Å²) in [6.07, 6.45) is 0. The van der Waals surface area contributed by atoms with Crippen LogP contribution < -0.4 is 11.3 Å². The second kappa shape index (κ2) is 7.04. The minimum absolute atomic E-state index is 0.109. The molecule has 1 aromatic carbocycles. The number of rotatable bonds is 5. The highest BCUT2D eigenvalue weighted by Crippen LogP contribution is 2.18. The number of nitrogens with one attached hydrogen (secondary N) is 1. The molecule has 1 atom stereocenters. The van der Waals surface area contributed by atoms with Gasteiger partial charge in [0.25, 0.3) is 5.95 Å². The Morgan fingerprint density at radius 1 is 1.43 bits per heavy atom. The monoisotopic (exact) mass is 313 g/mol. The third-order valence-corrected chi connectivity index (χ3v) is 3.07. The van der Waals surface area contributed by atoms with Gasteiger partial charge in [0.2, 0.25) is 0 Å². The molecule has 1 heterocycles. The summed E-state index contributed by atoms with van der Waals surface area (Å²) in [6.45, 7) is 1.66. The molecular formula is C14H15N7O2. The maximum Gasteiger partial charge on any atom is 0.355 e. The molecule has 0 radical (unpaired) electrons. The van der Waals surface area contributed by atoms with Crippen LogP contribution in [0.25, 0.3) is 0 Å². The standard InChI is InChI=1S/C14H15N7O2/c1-9-17-19-14(21(9)16)20-18-12(13(22)23-2)11(8-15)10-6-4-3-5-7-10/h3-7,11H,16H2,1-2H3,(H,19,20)/b18-12-/t11-/m1/s1. The molecule has 0 amide bonds. The number of nitrogens with two attached hydrogens (primary N) is 1. The zero-order valence-corrected chi connectivity index (χ0v) is 12.6. The lowest BCUT2D eigenvalue weighted by Crippen LogP contribution is -2.25. The number of carbonyl (C=O) groups is 1. The van der Waals surface area contributed by atoms with Crippen molar-refractivity contribution < 1.29 is 9.53 Å². The van der Waals surface area contributed by atoms with E-state index in [4.69, 9.17) is 10.6 Å². The number of nitriles is 1. The molecule has 0 saturated heterocycles. The van der Waals surface area contributed by atoms with Crippen molar-refractivity contribution in [3.8, 4) is 6.07 Å². The van der Waals surface area contributed by atoms with Crippen LogP contribution in [-0.4, -0.2) is 33.7 Å². The lowest BCUT2D eigenvalue weighted by molar-refractivity contribution is -0.132. The van der Waals surface area contributed by atoms with Crippen LogP contribution in [0.5, 0.6) is 0 Å². The number of aromatic nitrogens is 3. The Balaban J connectivity index is 2.36. The number of ether oxygens (including phenoxy) is 1. The Bertz CT molecular complexity index is 761. The van der Waals surface area contributed by atoms with Gasteiger partial charge >= 0.3 is 5.97 Å². The molecule has 1 aromatic heterocycles. The van der Waals surface area contributed by atoms with Crippen molar-refractivity contribution in [2.75, 3.05) is 18.4 Å². The Hall–Kier alpha value is -3.41. The topological polar surface area (TPSA) is 131 Å². The van der Waals surface area contributed by atoms with E-state index in [0.29, 0.717) is 11.4 Å². The average molecular weight is 313 g/mol. The summed E-state index contributed by atoms with van der Waals surface area (Å²) < 4.78 is 5.87. The average Bonchev–Trinajstić information content (AvgIpc) is 2.90. The second-order valence-corrected chi connectivity index (χ2v) is 4.51. The van der Waals surface area contributed by atoms with E-state index >= 15 is 0 Å². The van der Waals surface area contributed by atoms with Crippen LogP contribution >= 0.6 is 0 Å². The fraction of sp³-hybridized carbons (Fsp3) is 0.214. The van der Waals surface area contributed by atoms with Gasteiger partial charge in [0.15, 0.2) is 11.5 Å². The first-order valence-corrected chi connectivity index (χ1v) is 6.62. The summed E-state index contributed by atoms with van der Waals surface area (Å²) in [5, 5.41) is 20.9. The Labute approximate surface area is 132 Å². The molecular weight excluding hydrogens is 298 g/mol. The molecule has 118 valence electrons. The van der Waals surface area contributed by atoms with Crippen LogP contribution in [0.2, 0.25) is 0 Å². The summed E-state index contributed by atoms with van der Waals surface area (Å²) in [5.74, 6) is 4.66. The lowest BCUT2D eigenvalue weighted by atomic mass is 9.95. The van der Waals surface area contributed by atoms with E-state index in [1.54, 1.807) is 31.2 Å². The van der Waals surface area contributed by atoms with Crippen molar-refractivity contribution in [2.45, 2.75) is 12.8 Å². The first kappa shape index (κ1) is 16.0. The van der Waals surface area contributed by atoms with Gasteiger partial charge in [-0.25, -0.2) is 14.9 Å². The zero-order chi connectivity index (χ0) is 16.8. The second-order valence-electron chi connectivity index (χ2n) is 4.51. The van der Waals surface area contributed by atoms with Crippen molar-refractivity contribution >= 4 is 17.6 Å². The number of anilines is 1. The van der Waals surface area contributed by atoms with E-state index in [2.05, 4.69) is 20.7 Å². The quantitative estimate of drug-likeness (QED) is 0.356. The van der Waals surface area contributed by atoms with Gasteiger partial charge in [0.1, 0.15) is 5.92 Å². The van der Waals surface area contributed by atoms with Gasteiger partial charge in [0.05, 0.1) is 13.2 Å². The number of aryl methyl sites for hydroxylation is 1. The van der Waals surface area contributed by atoms with E-state index in [1.807, 2.05) is 12.1 Å². The molecule has 0 aliphatic carbocycles. The fourth-order valence-electron chi connectivity index (χ4n) is 1.83. The molecule has 9 nitrogen and oxygen atoms in total. The van der Waals surface area contributed by atoms with Crippen LogP contribution in [-0.2, 0) is 9.53 Å². The Morgan fingerprint density at radius 3 is 2.65 bits per heavy atom. The van der Waals surface area contributed by atoms with E-state index in [1.165, 1.54) is 11.8 Å². The lowest BCUT2D eigenvalue weighted by Gasteiger charge is -2.11. The predicted octanol–water partition coefficient (Wildman–Crippen LogP) is 0.549. The molecule has 0 saturated carbocycles. The van der Waals surface area contributed by atoms with Gasteiger partial charge < -0.3 is 10.6 Å². The summed E-state index contributed by atoms with van der Waals surface area (Å²) in [5.41, 5.74) is 3.04. The normalized spacial score (nSPS) is 12.3. The number of benzene rings is 1. The fourth-order valence-corrected chi connectivity index (χ4v) is 1.83. The first-order valence-electron chi connectivity index (χ1n) is 6.62. The molecule has 0 aliphatic heterocycles. The third-order valence-electron chi connectivity index (χ3n) is 3.07. The molecule has 0 fully saturated rings. The van der Waals surface area contributed by atoms with Crippen molar-refractivity contribution in [1.29, 1.82) is 5.26 Å². The van der Waals surface area contributed by atoms with Crippen molar-refractivity contribution in [3.05, 3.63) is 41.7 Å². The van der Waals surface area contributed by atoms with Crippen LogP contribution in [0, 0.1) is 18.3 Å². The number of hydrogen-bond acceptors (Lipinski definition) is 8. The highest BCUT2D eigenvalue weighted by Gasteiger charge is 2.26. The molecule has 2 aromatic rings. The molecule has 9 heteroatoms. The van der Waals surface area contributed by atoms with E-state index in [0.717, 1.165) is 0 Å². The molecule has 0 aliphatic rings. The minimum Gasteiger partial charge on any atom is -0.464 e. The summed E-state index contributed by atoms with van der Waals surface area (Å²) in [4.78, 5) is 12.0. The van der Waals surface area contributed by atoms with Crippen molar-refractivity contribution in [3.63, 3.8) is 0 Å². The number of esters is 1. The summed E-state index contributed by atoms with van der Waals surface area (Å²) in [7, 11) is 1.22. The van der Waals surface area contributed by atoms with Gasteiger partial charge in [-0.15, -0.1) is 10.2 Å². The van der Waals surface area contributed by atoms with Gasteiger partial charge in [-0.1, -0.05) is 30.3 Å². The van der Waals surface area contributed by atoms with Crippen LogP contribution in [0.1, 0.15) is 17.3 Å². The molecule has 0 bridgehead atoms. The van der Waals surface area contributed by atoms with Gasteiger partial charge in [0, 0.05) is 0 Å². The SMILES string of the molecule is COC(=O)/C(=N\Nc1nnc(C)n1N)[C@H](C#N)c1ccccc1. The van der Waals surface area contributed by atoms with Crippen molar-refractivity contribution in [2.24, 2.45) is 5.10 Å². The predicted molar refractivity (Wildman–Crippen MR) is 82.8 cm³/mol. The van der Waals surface area contributed by atoms with E-state index in [-0.39, 0.29) is 11.7 Å². The van der Waals surface area contributed by atoms with Gasteiger partial charge in [-0.2, -0.15) is 10.4 Å². The highest BCUT2D eigenvalue weighted by molar-refractivity contribution is 6.39. The zero-order valence-electron chi connectivity index (χ0n) is 12.6. The van der Waals surface area contributed by atoms with Crippen LogP contribution in [0.15, 0.2) is 35.4 Å². The molecule has 3 N–H and O–H groups in total. The number of hydrazone groups is 1. The highest BCUT2D eigenvalue weighted by atomic mass is 16.5. The largest absolute Gasteiger partial charge is 0.464 e. The van der Waals surface area contributed by atoms with Gasteiger partial charge in [-0.05, 0) is 12.5 Å². The van der Waals surface area contributed by atoms with E-state index in [9.17, 15) is 10.1 Å². The maximum atomic E-state index is 12.0. The molecule has 0 spiro atoms. The van der Waals surface area contributed by atoms with Crippen molar-refractivity contribution in [1.82, 2.24) is 14.9 Å². The number of nitrogens with zero attached hydrogens (tertiary/aromatic N) is 5. The van der Waals surface area contributed by atoms with Crippen LogP contribution in [0.3, 0.4) is 0 Å². The number of methoxy groups -OCH3 is 1. The molecule has 2 rings (SSSR count). The Morgan fingerprint density at radius 2 is 2.13 bits per heavy atom. The minimum atomic E-state index is -0.897. The van der Waals surface area contributed by atoms with Crippen LogP contribution in [0.4, 0.5) is 5.95 Å². The maximum absolute atomic E-state index is 12.0. The summed E-state index contributed by atoms with van der Waals surface area (Å²) >= 11 is 0.